The second-order valence-electron chi connectivity index (χ2n) is 5.28. The molecule has 2 aromatic rings. The molecule has 2 aromatic carbocycles. The summed E-state index contributed by atoms with van der Waals surface area (Å²) in [5.74, 6) is -1.03. The van der Waals surface area contributed by atoms with Crippen LogP contribution in [0.4, 0.5) is 4.39 Å². The first-order valence-electron chi connectivity index (χ1n) is 6.97. The highest BCUT2D eigenvalue weighted by molar-refractivity contribution is 6.33. The zero-order valence-corrected chi connectivity index (χ0v) is 12.2. The normalized spacial score (nSPS) is 17.1. The summed E-state index contributed by atoms with van der Waals surface area (Å²) in [4.78, 5) is 12.2. The van der Waals surface area contributed by atoms with Crippen molar-refractivity contribution in [2.45, 2.75) is 25.3 Å². The van der Waals surface area contributed by atoms with Gasteiger partial charge in [0, 0.05) is 6.04 Å². The lowest BCUT2D eigenvalue weighted by molar-refractivity contribution is 0.0930. The van der Waals surface area contributed by atoms with Crippen molar-refractivity contribution in [3.63, 3.8) is 0 Å². The van der Waals surface area contributed by atoms with Crippen molar-refractivity contribution in [1.82, 2.24) is 5.32 Å². The lowest BCUT2D eigenvalue weighted by Gasteiger charge is -2.25. The molecule has 0 radical (unpaired) electrons. The fourth-order valence-corrected chi connectivity index (χ4v) is 3.04. The molecule has 0 spiro atoms. The number of carbonyl (C=O) groups excluding carboxylic acids is 1. The Bertz CT molecular complexity index is 666. The molecule has 0 aromatic heterocycles. The number of benzene rings is 2. The molecule has 0 aliphatic heterocycles. The van der Waals surface area contributed by atoms with Crippen LogP contribution in [0.2, 0.25) is 5.02 Å². The molecule has 0 heterocycles. The molecule has 1 N–H and O–H groups in total. The molecule has 1 aliphatic carbocycles. The number of fused-ring (bicyclic) bond motifs is 1. The minimum absolute atomic E-state index is 0.0167. The van der Waals surface area contributed by atoms with Gasteiger partial charge in [-0.15, -0.1) is 0 Å². The van der Waals surface area contributed by atoms with E-state index in [1.165, 1.54) is 29.3 Å². The van der Waals surface area contributed by atoms with E-state index in [1.54, 1.807) is 0 Å². The molecule has 3 rings (SSSR count). The van der Waals surface area contributed by atoms with Gasteiger partial charge in [-0.05, 0) is 42.5 Å². The van der Waals surface area contributed by atoms with Crippen molar-refractivity contribution in [1.29, 1.82) is 0 Å². The molecule has 0 saturated heterocycles. The summed E-state index contributed by atoms with van der Waals surface area (Å²) in [6.07, 6.45) is 2.55. The molecule has 1 atom stereocenters. The van der Waals surface area contributed by atoms with Gasteiger partial charge in [0.25, 0.3) is 5.91 Å². The average Bonchev–Trinajstić information content (AvgIpc) is 2.47. The van der Waals surface area contributed by atoms with Gasteiger partial charge in [-0.3, -0.25) is 4.79 Å². The van der Waals surface area contributed by atoms with Gasteiger partial charge >= 0.3 is 0 Å². The SMILES string of the molecule is O=C(NC1CCc2ccccc2C1)c1c(F)cccc1Cl. The zero-order valence-electron chi connectivity index (χ0n) is 11.4. The van der Waals surface area contributed by atoms with Crippen LogP contribution in [0, 0.1) is 5.82 Å². The number of carbonyl (C=O) groups is 1. The summed E-state index contributed by atoms with van der Waals surface area (Å²) in [6, 6.07) is 12.5. The van der Waals surface area contributed by atoms with E-state index in [0.717, 1.165) is 19.3 Å². The van der Waals surface area contributed by atoms with Crippen molar-refractivity contribution >= 4 is 17.5 Å². The lowest BCUT2D eigenvalue weighted by Crippen LogP contribution is -2.39. The molecular formula is C17H15ClFNO. The third-order valence-corrected chi connectivity index (χ3v) is 4.19. The van der Waals surface area contributed by atoms with E-state index in [0.29, 0.717) is 0 Å². The Hall–Kier alpha value is -1.87. The summed E-state index contributed by atoms with van der Waals surface area (Å²) < 4.78 is 13.7. The first-order valence-corrected chi connectivity index (χ1v) is 7.34. The molecule has 0 bridgehead atoms. The highest BCUT2D eigenvalue weighted by Crippen LogP contribution is 2.23. The molecule has 4 heteroatoms. The van der Waals surface area contributed by atoms with Gasteiger partial charge in [0.05, 0.1) is 10.6 Å². The first-order chi connectivity index (χ1) is 10.1. The monoisotopic (exact) mass is 303 g/mol. The third kappa shape index (κ3) is 2.93. The second kappa shape index (κ2) is 5.86. The predicted octanol–water partition coefficient (Wildman–Crippen LogP) is 3.77. The van der Waals surface area contributed by atoms with Gasteiger partial charge in [0.15, 0.2) is 0 Å². The number of aryl methyl sites for hydroxylation is 1. The minimum atomic E-state index is -0.587. The van der Waals surface area contributed by atoms with Gasteiger partial charge in [-0.2, -0.15) is 0 Å². The molecule has 108 valence electrons. The topological polar surface area (TPSA) is 29.1 Å². The Labute approximate surface area is 127 Å². The minimum Gasteiger partial charge on any atom is -0.349 e. The molecule has 0 saturated carbocycles. The van der Waals surface area contributed by atoms with E-state index < -0.39 is 11.7 Å². The number of hydrogen-bond acceptors (Lipinski definition) is 1. The van der Waals surface area contributed by atoms with Gasteiger partial charge in [0.1, 0.15) is 5.82 Å². The Balaban J connectivity index is 1.75. The summed E-state index contributed by atoms with van der Waals surface area (Å²) in [7, 11) is 0. The van der Waals surface area contributed by atoms with Crippen LogP contribution in [0.5, 0.6) is 0 Å². The largest absolute Gasteiger partial charge is 0.349 e. The molecule has 1 aliphatic rings. The van der Waals surface area contributed by atoms with Crippen LogP contribution < -0.4 is 5.32 Å². The molecule has 1 amide bonds. The average molecular weight is 304 g/mol. The lowest BCUT2D eigenvalue weighted by atomic mass is 9.88. The summed E-state index contributed by atoms with van der Waals surface area (Å²) in [6.45, 7) is 0. The first kappa shape index (κ1) is 14.1. The van der Waals surface area contributed by atoms with E-state index in [4.69, 9.17) is 11.6 Å². The van der Waals surface area contributed by atoms with Gasteiger partial charge in [0.2, 0.25) is 0 Å². The highest BCUT2D eigenvalue weighted by atomic mass is 35.5. The maximum atomic E-state index is 13.7. The standard InChI is InChI=1S/C17H15ClFNO/c18-14-6-3-7-15(19)16(14)17(21)20-13-9-8-11-4-1-2-5-12(11)10-13/h1-7,13H,8-10H2,(H,20,21). The quantitative estimate of drug-likeness (QED) is 0.899. The fraction of sp³-hybridized carbons (Fsp3) is 0.235. The summed E-state index contributed by atoms with van der Waals surface area (Å²) in [5, 5.41) is 3.04. The molecule has 0 fully saturated rings. The molecular weight excluding hydrogens is 289 g/mol. The fourth-order valence-electron chi connectivity index (χ4n) is 2.79. The van der Waals surface area contributed by atoms with Crippen LogP contribution in [0.1, 0.15) is 27.9 Å². The van der Waals surface area contributed by atoms with Crippen LogP contribution >= 0.6 is 11.6 Å². The number of hydrogen-bond donors (Lipinski definition) is 1. The van der Waals surface area contributed by atoms with Crippen molar-refractivity contribution in [3.8, 4) is 0 Å². The van der Waals surface area contributed by atoms with Crippen LogP contribution in [-0.2, 0) is 12.8 Å². The maximum absolute atomic E-state index is 13.7. The summed E-state index contributed by atoms with van der Waals surface area (Å²) in [5.41, 5.74) is 2.50. The zero-order chi connectivity index (χ0) is 14.8. The Morgan fingerprint density at radius 2 is 1.90 bits per heavy atom. The van der Waals surface area contributed by atoms with Crippen LogP contribution in [0.3, 0.4) is 0 Å². The molecule has 21 heavy (non-hydrogen) atoms. The third-order valence-electron chi connectivity index (χ3n) is 3.87. The summed E-state index contributed by atoms with van der Waals surface area (Å²) >= 11 is 5.92. The number of halogens is 2. The number of amides is 1. The number of nitrogens with one attached hydrogen (secondary N) is 1. The molecule has 1 unspecified atom stereocenters. The van der Waals surface area contributed by atoms with Crippen LogP contribution in [0.25, 0.3) is 0 Å². The van der Waals surface area contributed by atoms with Crippen molar-refractivity contribution in [2.75, 3.05) is 0 Å². The van der Waals surface area contributed by atoms with Gasteiger partial charge in [-0.1, -0.05) is 41.9 Å². The van der Waals surface area contributed by atoms with E-state index in [-0.39, 0.29) is 16.6 Å². The smallest absolute Gasteiger partial charge is 0.256 e. The van der Waals surface area contributed by atoms with E-state index in [9.17, 15) is 9.18 Å². The van der Waals surface area contributed by atoms with Crippen LogP contribution in [0.15, 0.2) is 42.5 Å². The van der Waals surface area contributed by atoms with Crippen molar-refractivity contribution in [3.05, 3.63) is 70.0 Å². The maximum Gasteiger partial charge on any atom is 0.256 e. The predicted molar refractivity (Wildman–Crippen MR) is 81.1 cm³/mol. The van der Waals surface area contributed by atoms with E-state index >= 15 is 0 Å². The van der Waals surface area contributed by atoms with E-state index in [1.807, 2.05) is 12.1 Å². The number of rotatable bonds is 2. The van der Waals surface area contributed by atoms with Gasteiger partial charge in [-0.25, -0.2) is 4.39 Å². The van der Waals surface area contributed by atoms with Crippen molar-refractivity contribution < 1.29 is 9.18 Å². The van der Waals surface area contributed by atoms with E-state index in [2.05, 4.69) is 17.4 Å². The van der Waals surface area contributed by atoms with Crippen LogP contribution in [-0.4, -0.2) is 11.9 Å². The molecule has 2 nitrogen and oxygen atoms in total. The Kier molecular flexibility index (Phi) is 3.93. The highest BCUT2D eigenvalue weighted by Gasteiger charge is 2.23. The second-order valence-corrected chi connectivity index (χ2v) is 5.69. The van der Waals surface area contributed by atoms with Gasteiger partial charge < -0.3 is 5.32 Å². The Morgan fingerprint density at radius 1 is 1.14 bits per heavy atom. The van der Waals surface area contributed by atoms with Crippen molar-refractivity contribution in [2.24, 2.45) is 0 Å². The Morgan fingerprint density at radius 3 is 2.67 bits per heavy atom.